The predicted octanol–water partition coefficient (Wildman–Crippen LogP) is 11.3. The Morgan fingerprint density at radius 3 is 1.18 bits per heavy atom. The van der Waals surface area contributed by atoms with Crippen LogP contribution in [0.3, 0.4) is 0 Å². The van der Waals surface area contributed by atoms with Gasteiger partial charge in [0, 0.05) is 57.9 Å². The predicted molar refractivity (Wildman–Crippen MR) is 263 cm³/mol. The molecule has 0 saturated heterocycles. The third-order valence-electron chi connectivity index (χ3n) is 11.4. The molecule has 0 heterocycles. The van der Waals surface area contributed by atoms with Gasteiger partial charge in [-0.15, -0.1) is 0 Å². The zero-order chi connectivity index (χ0) is 49.6. The van der Waals surface area contributed by atoms with E-state index in [1.54, 1.807) is 13.8 Å². The first kappa shape index (κ1) is 63.2. The van der Waals surface area contributed by atoms with E-state index in [2.05, 4.69) is 38.2 Å². The second kappa shape index (κ2) is 46.0. The standard InChI is InChI=1S/C53H94N2O12/c1-5-7-9-23-31-46(66-52(60)39-29-37-48(56)62-42-41-54)33-25-19-15-11-13-17-21-27-35-50(58)64-44(3)45(4)65-51(59)36-28-22-18-14-12-16-20-26-34-47(32-24-10-8-6-2)67-53(61)40-30-38-49(57)63-43-55/h19-20,25-26,44-47H,5-18,21-24,27-43,54-55H2,1-4H3/b25-19-,26-20-. The lowest BCUT2D eigenvalue weighted by Crippen LogP contribution is -2.30. The Labute approximate surface area is 405 Å². The summed E-state index contributed by atoms with van der Waals surface area (Å²) in [5, 5.41) is 0. The fourth-order valence-electron chi connectivity index (χ4n) is 7.28. The van der Waals surface area contributed by atoms with E-state index in [1.807, 2.05) is 0 Å². The van der Waals surface area contributed by atoms with Gasteiger partial charge in [0.05, 0.1) is 0 Å². The molecule has 0 bridgehead atoms. The Morgan fingerprint density at radius 2 is 0.761 bits per heavy atom. The summed E-state index contributed by atoms with van der Waals surface area (Å²) in [4.78, 5) is 72.9. The minimum absolute atomic E-state index is 0.148. The lowest BCUT2D eigenvalue weighted by atomic mass is 10.1. The largest absolute Gasteiger partial charge is 0.464 e. The number of hydrogen-bond donors (Lipinski definition) is 2. The Morgan fingerprint density at radius 1 is 0.403 bits per heavy atom. The number of rotatable bonds is 46. The summed E-state index contributed by atoms with van der Waals surface area (Å²) in [6.45, 7) is 8.17. The second-order valence-corrected chi connectivity index (χ2v) is 17.7. The van der Waals surface area contributed by atoms with Crippen LogP contribution in [0.5, 0.6) is 0 Å². The second-order valence-electron chi connectivity index (χ2n) is 17.7. The molecule has 14 heteroatoms. The molecule has 4 unspecified atom stereocenters. The molecule has 0 aromatic rings. The van der Waals surface area contributed by atoms with Crippen molar-refractivity contribution in [2.24, 2.45) is 11.5 Å². The summed E-state index contributed by atoms with van der Waals surface area (Å²) < 4.78 is 32.3. The molecule has 0 aliphatic rings. The molecular formula is C53H94N2O12. The fourth-order valence-corrected chi connectivity index (χ4v) is 7.28. The third kappa shape index (κ3) is 42.1. The summed E-state index contributed by atoms with van der Waals surface area (Å²) in [5.41, 5.74) is 10.6. The lowest BCUT2D eigenvalue weighted by Gasteiger charge is -2.21. The Bertz CT molecular complexity index is 1340. The van der Waals surface area contributed by atoms with E-state index >= 15 is 0 Å². The molecule has 0 aliphatic heterocycles. The van der Waals surface area contributed by atoms with Crippen LogP contribution in [0.25, 0.3) is 0 Å². The first-order chi connectivity index (χ1) is 32.4. The molecule has 0 rings (SSSR count). The quantitative estimate of drug-likeness (QED) is 0.0191. The van der Waals surface area contributed by atoms with Crippen molar-refractivity contribution in [3.8, 4) is 0 Å². The van der Waals surface area contributed by atoms with Gasteiger partial charge in [-0.05, 0) is 90.9 Å². The third-order valence-corrected chi connectivity index (χ3v) is 11.4. The number of ether oxygens (including phenoxy) is 6. The van der Waals surface area contributed by atoms with Crippen molar-refractivity contribution < 1.29 is 57.2 Å². The number of hydrogen-bond acceptors (Lipinski definition) is 14. The molecular weight excluding hydrogens is 857 g/mol. The fraction of sp³-hybridized carbons (Fsp3) is 0.811. The summed E-state index contributed by atoms with van der Waals surface area (Å²) >= 11 is 0. The SMILES string of the molecule is CCCCCCC(C/C=C\CCCCCCCC(=O)OC(C)C(C)OC(=O)CCCCCCC/C=C\CC(CCCCCC)OC(=O)CCCC(=O)OCCN)OC(=O)CCCC(=O)OCN. The molecule has 14 nitrogen and oxygen atoms in total. The minimum Gasteiger partial charge on any atom is -0.464 e. The number of carbonyl (C=O) groups is 6. The average molecular weight is 951 g/mol. The maximum atomic E-state index is 12.5. The van der Waals surface area contributed by atoms with Crippen LogP contribution >= 0.6 is 0 Å². The van der Waals surface area contributed by atoms with E-state index in [0.717, 1.165) is 141 Å². The average Bonchev–Trinajstić information content (AvgIpc) is 3.29. The van der Waals surface area contributed by atoms with Crippen molar-refractivity contribution in [1.82, 2.24) is 0 Å². The highest BCUT2D eigenvalue weighted by Gasteiger charge is 2.21. The zero-order valence-corrected chi connectivity index (χ0v) is 42.4. The highest BCUT2D eigenvalue weighted by molar-refractivity contribution is 5.73. The van der Waals surface area contributed by atoms with Gasteiger partial charge >= 0.3 is 35.8 Å². The molecule has 4 N–H and O–H groups in total. The number of esters is 6. The van der Waals surface area contributed by atoms with Gasteiger partial charge in [0.25, 0.3) is 0 Å². The molecule has 0 amide bonds. The molecule has 0 aromatic carbocycles. The Hall–Kier alpha value is -3.78. The van der Waals surface area contributed by atoms with Crippen LogP contribution in [0.1, 0.15) is 233 Å². The molecule has 0 aliphatic carbocycles. The van der Waals surface area contributed by atoms with Crippen molar-refractivity contribution in [3.05, 3.63) is 24.3 Å². The van der Waals surface area contributed by atoms with Gasteiger partial charge in [0.2, 0.25) is 0 Å². The molecule has 67 heavy (non-hydrogen) atoms. The normalized spacial score (nSPS) is 13.2. The van der Waals surface area contributed by atoms with Gasteiger partial charge in [-0.1, -0.05) is 115 Å². The molecule has 0 fully saturated rings. The smallest absolute Gasteiger partial charge is 0.307 e. The minimum atomic E-state index is -0.518. The highest BCUT2D eigenvalue weighted by Crippen LogP contribution is 2.18. The van der Waals surface area contributed by atoms with Gasteiger partial charge in [-0.3, -0.25) is 34.5 Å². The summed E-state index contributed by atoms with van der Waals surface area (Å²) in [7, 11) is 0. The maximum Gasteiger partial charge on any atom is 0.307 e. The summed E-state index contributed by atoms with van der Waals surface area (Å²) in [5.74, 6) is -1.86. The van der Waals surface area contributed by atoms with Crippen LogP contribution in [-0.4, -0.2) is 80.1 Å². The molecule has 0 aromatic heterocycles. The molecule has 4 atom stereocenters. The van der Waals surface area contributed by atoms with Crippen molar-refractivity contribution >= 4 is 35.8 Å². The molecule has 0 saturated carbocycles. The highest BCUT2D eigenvalue weighted by atomic mass is 16.6. The lowest BCUT2D eigenvalue weighted by molar-refractivity contribution is -0.165. The number of unbranched alkanes of at least 4 members (excludes halogenated alkanes) is 16. The van der Waals surface area contributed by atoms with Crippen LogP contribution in [0.15, 0.2) is 24.3 Å². The van der Waals surface area contributed by atoms with Crippen molar-refractivity contribution in [3.63, 3.8) is 0 Å². The molecule has 0 spiro atoms. The summed E-state index contributed by atoms with van der Waals surface area (Å²) in [6, 6.07) is 0. The number of allylic oxidation sites excluding steroid dienone is 2. The maximum absolute atomic E-state index is 12.5. The van der Waals surface area contributed by atoms with E-state index in [1.165, 1.54) is 0 Å². The van der Waals surface area contributed by atoms with Gasteiger partial charge < -0.3 is 34.2 Å². The van der Waals surface area contributed by atoms with E-state index in [9.17, 15) is 28.8 Å². The van der Waals surface area contributed by atoms with Crippen LogP contribution in [0.2, 0.25) is 0 Å². The molecule has 388 valence electrons. The summed E-state index contributed by atoms with van der Waals surface area (Å²) in [6.07, 6.45) is 32.8. The van der Waals surface area contributed by atoms with Crippen molar-refractivity contribution in [2.45, 2.75) is 258 Å². The van der Waals surface area contributed by atoms with Gasteiger partial charge in [-0.2, -0.15) is 0 Å². The first-order valence-electron chi connectivity index (χ1n) is 26.2. The van der Waals surface area contributed by atoms with Gasteiger partial charge in [-0.25, -0.2) is 0 Å². The van der Waals surface area contributed by atoms with Crippen LogP contribution in [-0.2, 0) is 57.2 Å². The zero-order valence-electron chi connectivity index (χ0n) is 42.4. The van der Waals surface area contributed by atoms with Crippen LogP contribution < -0.4 is 11.5 Å². The number of carbonyl (C=O) groups excluding carboxylic acids is 6. The number of nitrogens with two attached hydrogens (primary N) is 2. The Kier molecular flexibility index (Phi) is 43.4. The van der Waals surface area contributed by atoms with Crippen molar-refractivity contribution in [2.75, 3.05) is 19.9 Å². The van der Waals surface area contributed by atoms with Crippen molar-refractivity contribution in [1.29, 1.82) is 0 Å². The van der Waals surface area contributed by atoms with E-state index < -0.39 is 18.2 Å². The topological polar surface area (TPSA) is 210 Å². The van der Waals surface area contributed by atoms with E-state index in [4.69, 9.17) is 39.9 Å². The molecule has 0 radical (unpaired) electrons. The first-order valence-corrected chi connectivity index (χ1v) is 26.2. The van der Waals surface area contributed by atoms with Gasteiger partial charge in [0.1, 0.15) is 37.8 Å². The monoisotopic (exact) mass is 951 g/mol. The Balaban J connectivity index is 4.18. The van der Waals surface area contributed by atoms with Gasteiger partial charge in [0.15, 0.2) is 0 Å². The van der Waals surface area contributed by atoms with E-state index in [-0.39, 0.29) is 87.6 Å². The van der Waals surface area contributed by atoms with Crippen LogP contribution in [0, 0.1) is 0 Å². The van der Waals surface area contributed by atoms with Crippen LogP contribution in [0.4, 0.5) is 0 Å². The van der Waals surface area contributed by atoms with E-state index in [0.29, 0.717) is 38.5 Å².